The molecule has 2 aromatic rings. The van der Waals surface area contributed by atoms with Gasteiger partial charge in [-0.15, -0.1) is 11.3 Å². The Morgan fingerprint density at radius 2 is 2.38 bits per heavy atom. The van der Waals surface area contributed by atoms with Crippen LogP contribution in [0.4, 0.5) is 0 Å². The summed E-state index contributed by atoms with van der Waals surface area (Å²) in [5.74, 6) is -1.21. The third-order valence-electron chi connectivity index (χ3n) is 3.23. The quantitative estimate of drug-likeness (QED) is 0.626. The van der Waals surface area contributed by atoms with Crippen LogP contribution in [0.25, 0.3) is 0 Å². The number of amides is 1. The maximum absolute atomic E-state index is 12.1. The van der Waals surface area contributed by atoms with E-state index in [0.29, 0.717) is 18.0 Å². The fraction of sp³-hybridized carbons (Fsp3) is 0.333. The summed E-state index contributed by atoms with van der Waals surface area (Å²) in [7, 11) is 0. The number of nitrogens with zero attached hydrogens (tertiary/aromatic N) is 2. The molecule has 110 valence electrons. The number of carbonyl (C=O) groups is 2. The number of rotatable bonds is 4. The van der Waals surface area contributed by atoms with Crippen molar-refractivity contribution in [3.63, 3.8) is 0 Å². The molecule has 1 atom stereocenters. The number of aromatic amines is 1. The molecule has 21 heavy (non-hydrogen) atoms. The van der Waals surface area contributed by atoms with E-state index in [-0.39, 0.29) is 24.2 Å². The van der Waals surface area contributed by atoms with Crippen molar-refractivity contribution in [3.8, 4) is 0 Å². The van der Waals surface area contributed by atoms with Crippen molar-refractivity contribution in [1.82, 2.24) is 25.6 Å². The average Bonchev–Trinajstić information content (AvgIpc) is 3.12. The molecule has 0 saturated heterocycles. The number of carbonyl (C=O) groups excluding carboxylic acids is 1. The molecule has 1 unspecified atom stereocenters. The number of H-pyrrole nitrogens is 1. The Bertz CT molecular complexity index is 680. The van der Waals surface area contributed by atoms with Crippen LogP contribution in [0.15, 0.2) is 11.7 Å². The van der Waals surface area contributed by atoms with Crippen LogP contribution in [0, 0.1) is 0 Å². The zero-order chi connectivity index (χ0) is 14.8. The highest BCUT2D eigenvalue weighted by molar-refractivity contribution is 7.09. The Morgan fingerprint density at radius 1 is 1.52 bits per heavy atom. The zero-order valence-electron chi connectivity index (χ0n) is 10.9. The van der Waals surface area contributed by atoms with Gasteiger partial charge in [0.2, 0.25) is 5.91 Å². The van der Waals surface area contributed by atoms with E-state index >= 15 is 0 Å². The smallest absolute Gasteiger partial charge is 0.355 e. The SMILES string of the molecule is O=C(O)c1csc(CNC(=O)C2Cc3nc[nH]c3CN2)n1. The van der Waals surface area contributed by atoms with Crippen LogP contribution in [-0.2, 0) is 24.3 Å². The number of carboxylic acid groups (broad SMARTS) is 1. The number of aromatic nitrogens is 3. The van der Waals surface area contributed by atoms with Gasteiger partial charge in [0, 0.05) is 18.3 Å². The molecule has 2 aromatic heterocycles. The van der Waals surface area contributed by atoms with Crippen LogP contribution >= 0.6 is 11.3 Å². The summed E-state index contributed by atoms with van der Waals surface area (Å²) in [5, 5.41) is 16.7. The molecule has 0 saturated carbocycles. The Labute approximate surface area is 123 Å². The summed E-state index contributed by atoms with van der Waals surface area (Å²) >= 11 is 1.21. The highest BCUT2D eigenvalue weighted by Crippen LogP contribution is 2.13. The van der Waals surface area contributed by atoms with Crippen LogP contribution in [-0.4, -0.2) is 38.0 Å². The fourth-order valence-corrected chi connectivity index (χ4v) is 2.84. The first-order valence-electron chi connectivity index (χ1n) is 6.33. The van der Waals surface area contributed by atoms with Gasteiger partial charge < -0.3 is 15.4 Å². The lowest BCUT2D eigenvalue weighted by Crippen LogP contribution is -2.47. The molecule has 4 N–H and O–H groups in total. The lowest BCUT2D eigenvalue weighted by Gasteiger charge is -2.21. The van der Waals surface area contributed by atoms with Gasteiger partial charge in [0.25, 0.3) is 0 Å². The second-order valence-electron chi connectivity index (χ2n) is 4.61. The molecule has 1 amide bonds. The van der Waals surface area contributed by atoms with Crippen LogP contribution in [0.1, 0.15) is 26.9 Å². The van der Waals surface area contributed by atoms with E-state index in [1.807, 2.05) is 0 Å². The first-order valence-corrected chi connectivity index (χ1v) is 7.21. The average molecular weight is 307 g/mol. The maximum atomic E-state index is 12.1. The van der Waals surface area contributed by atoms with Gasteiger partial charge in [0.05, 0.1) is 30.3 Å². The number of carboxylic acids is 1. The molecular formula is C12H13N5O3S. The summed E-state index contributed by atoms with van der Waals surface area (Å²) in [6, 6.07) is -0.334. The van der Waals surface area contributed by atoms with Crippen molar-refractivity contribution >= 4 is 23.2 Å². The predicted molar refractivity (Wildman–Crippen MR) is 73.8 cm³/mol. The number of hydrogen-bond acceptors (Lipinski definition) is 6. The Hall–Kier alpha value is -2.26. The fourth-order valence-electron chi connectivity index (χ4n) is 2.13. The van der Waals surface area contributed by atoms with Crippen molar-refractivity contribution in [2.75, 3.05) is 0 Å². The largest absolute Gasteiger partial charge is 0.476 e. The molecule has 0 aliphatic carbocycles. The monoisotopic (exact) mass is 307 g/mol. The summed E-state index contributed by atoms with van der Waals surface area (Å²) in [5.41, 5.74) is 1.91. The van der Waals surface area contributed by atoms with Gasteiger partial charge in [-0.1, -0.05) is 0 Å². The lowest BCUT2D eigenvalue weighted by atomic mass is 10.0. The van der Waals surface area contributed by atoms with Gasteiger partial charge in [-0.2, -0.15) is 0 Å². The second-order valence-corrected chi connectivity index (χ2v) is 5.56. The molecule has 0 radical (unpaired) electrons. The van der Waals surface area contributed by atoms with Gasteiger partial charge in [0.15, 0.2) is 5.69 Å². The van der Waals surface area contributed by atoms with E-state index in [0.717, 1.165) is 11.4 Å². The molecule has 3 rings (SSSR count). The minimum Gasteiger partial charge on any atom is -0.476 e. The van der Waals surface area contributed by atoms with Crippen molar-refractivity contribution in [1.29, 1.82) is 0 Å². The number of hydrogen-bond donors (Lipinski definition) is 4. The molecule has 1 aliphatic heterocycles. The summed E-state index contributed by atoms with van der Waals surface area (Å²) in [4.78, 5) is 33.9. The molecular weight excluding hydrogens is 294 g/mol. The van der Waals surface area contributed by atoms with Crippen LogP contribution in [0.5, 0.6) is 0 Å². The lowest BCUT2D eigenvalue weighted by molar-refractivity contribution is -0.123. The van der Waals surface area contributed by atoms with E-state index in [2.05, 4.69) is 25.6 Å². The van der Waals surface area contributed by atoms with Crippen LogP contribution in [0.2, 0.25) is 0 Å². The van der Waals surface area contributed by atoms with E-state index in [1.165, 1.54) is 16.7 Å². The highest BCUT2D eigenvalue weighted by atomic mass is 32.1. The minimum absolute atomic E-state index is 0.00112. The van der Waals surface area contributed by atoms with Crippen molar-refractivity contribution in [2.45, 2.75) is 25.6 Å². The van der Waals surface area contributed by atoms with Gasteiger partial charge in [-0.3, -0.25) is 10.1 Å². The van der Waals surface area contributed by atoms with E-state index in [1.54, 1.807) is 6.33 Å². The zero-order valence-corrected chi connectivity index (χ0v) is 11.7. The Balaban J connectivity index is 1.56. The molecule has 8 nitrogen and oxygen atoms in total. The van der Waals surface area contributed by atoms with Crippen LogP contribution in [0.3, 0.4) is 0 Å². The third-order valence-corrected chi connectivity index (χ3v) is 4.08. The van der Waals surface area contributed by atoms with Crippen molar-refractivity contribution in [3.05, 3.63) is 33.8 Å². The molecule has 1 aliphatic rings. The van der Waals surface area contributed by atoms with E-state index < -0.39 is 5.97 Å². The van der Waals surface area contributed by atoms with Gasteiger partial charge in [0.1, 0.15) is 5.01 Å². The van der Waals surface area contributed by atoms with E-state index in [4.69, 9.17) is 5.11 Å². The number of fused-ring (bicyclic) bond motifs is 1. The maximum Gasteiger partial charge on any atom is 0.355 e. The van der Waals surface area contributed by atoms with Gasteiger partial charge in [-0.05, 0) is 0 Å². The van der Waals surface area contributed by atoms with Crippen molar-refractivity contribution in [2.24, 2.45) is 0 Å². The first kappa shape index (κ1) is 13.7. The van der Waals surface area contributed by atoms with E-state index in [9.17, 15) is 9.59 Å². The summed E-state index contributed by atoms with van der Waals surface area (Å²) in [6.07, 6.45) is 2.15. The topological polar surface area (TPSA) is 120 Å². The normalized spacial score (nSPS) is 17.2. The number of imidazole rings is 1. The number of nitrogens with one attached hydrogen (secondary N) is 3. The Morgan fingerprint density at radius 3 is 3.14 bits per heavy atom. The standard InChI is InChI=1S/C12H13N5O3S/c18-11(7-1-6-8(2-13-7)16-5-15-6)14-3-10-17-9(4-21-10)12(19)20/h4-5,7,13H,1-3H2,(H,14,18)(H,15,16)(H,19,20). The predicted octanol–water partition coefficient (Wildman–Crippen LogP) is -0.105. The summed E-state index contributed by atoms with van der Waals surface area (Å²) in [6.45, 7) is 0.802. The highest BCUT2D eigenvalue weighted by Gasteiger charge is 2.25. The Kier molecular flexibility index (Phi) is 3.67. The number of aromatic carboxylic acids is 1. The number of thiazole rings is 1. The molecule has 0 aromatic carbocycles. The third kappa shape index (κ3) is 2.93. The molecule has 0 spiro atoms. The molecule has 0 bridgehead atoms. The second kappa shape index (κ2) is 5.62. The molecule has 0 fully saturated rings. The van der Waals surface area contributed by atoms with Gasteiger partial charge >= 0.3 is 5.97 Å². The first-order chi connectivity index (χ1) is 10.1. The molecule has 9 heteroatoms. The summed E-state index contributed by atoms with van der Waals surface area (Å²) < 4.78 is 0. The van der Waals surface area contributed by atoms with Gasteiger partial charge in [-0.25, -0.2) is 14.8 Å². The minimum atomic E-state index is -1.07. The molecule has 3 heterocycles. The van der Waals surface area contributed by atoms with Crippen molar-refractivity contribution < 1.29 is 14.7 Å². The van der Waals surface area contributed by atoms with Crippen LogP contribution < -0.4 is 10.6 Å².